The molecule has 1 aliphatic heterocycles. The predicted octanol–water partition coefficient (Wildman–Crippen LogP) is 5.94. The number of nitrogens with one attached hydrogen (secondary N) is 2. The largest absolute Gasteiger partial charge is 0.355 e. The van der Waals surface area contributed by atoms with Gasteiger partial charge in [-0.05, 0) is 79.7 Å². The fraction of sp³-hybridized carbons (Fsp3) is 0.375. The van der Waals surface area contributed by atoms with Gasteiger partial charge in [-0.1, -0.05) is 74.5 Å². The van der Waals surface area contributed by atoms with Gasteiger partial charge in [-0.25, -0.2) is 4.39 Å². The Balaban J connectivity index is 1.25. The van der Waals surface area contributed by atoms with Crippen molar-refractivity contribution in [1.29, 1.82) is 0 Å². The number of carbonyl (C=O) groups is 2. The number of benzene rings is 3. The van der Waals surface area contributed by atoms with E-state index in [1.807, 2.05) is 74.5 Å². The minimum Gasteiger partial charge on any atom is -0.355 e. The summed E-state index contributed by atoms with van der Waals surface area (Å²) in [6.45, 7) is 6.95. The van der Waals surface area contributed by atoms with Crippen molar-refractivity contribution in [3.63, 3.8) is 0 Å². The summed E-state index contributed by atoms with van der Waals surface area (Å²) in [6.07, 6.45) is 2.60. The Hall–Kier alpha value is -3.51. The predicted molar refractivity (Wildman–Crippen MR) is 151 cm³/mol. The van der Waals surface area contributed by atoms with Crippen LogP contribution < -0.4 is 10.6 Å². The van der Waals surface area contributed by atoms with E-state index >= 15 is 0 Å². The van der Waals surface area contributed by atoms with Gasteiger partial charge >= 0.3 is 0 Å². The minimum absolute atomic E-state index is 0.0148. The number of halogens is 1. The third-order valence-electron chi connectivity index (χ3n) is 7.29. The second-order valence-corrected chi connectivity index (χ2v) is 10.4. The molecule has 0 bridgehead atoms. The maximum atomic E-state index is 14.6. The van der Waals surface area contributed by atoms with Crippen LogP contribution in [0, 0.1) is 11.7 Å². The molecule has 0 atom stereocenters. The molecule has 4 rings (SSSR count). The van der Waals surface area contributed by atoms with Gasteiger partial charge in [0.25, 0.3) is 0 Å². The van der Waals surface area contributed by atoms with Crippen LogP contribution >= 0.6 is 0 Å². The van der Waals surface area contributed by atoms with E-state index in [-0.39, 0.29) is 35.4 Å². The molecule has 3 aromatic rings. The molecule has 6 heteroatoms. The summed E-state index contributed by atoms with van der Waals surface area (Å²) in [5.41, 5.74) is 3.31. The smallest absolute Gasteiger partial charge is 0.232 e. The van der Waals surface area contributed by atoms with Gasteiger partial charge in [0.1, 0.15) is 5.82 Å². The van der Waals surface area contributed by atoms with E-state index in [4.69, 9.17) is 0 Å². The summed E-state index contributed by atoms with van der Waals surface area (Å²) < 4.78 is 14.6. The lowest BCUT2D eigenvalue weighted by molar-refractivity contribution is -0.121. The molecule has 1 fully saturated rings. The molecule has 1 heterocycles. The van der Waals surface area contributed by atoms with Crippen molar-refractivity contribution in [3.05, 3.63) is 101 Å². The van der Waals surface area contributed by atoms with Crippen LogP contribution in [-0.2, 0) is 9.59 Å². The average molecular weight is 516 g/mol. The standard InChI is InChI=1S/C32H38FN3O2/c1-23(2)31(37)35-27-14-15-29(33)28(22-27)24-16-20-36(21-17-24)19-9-18-34-32(38)30(25-10-5-3-6-11-25)26-12-7-4-8-13-26/h3-8,10-15,22-24,30H,9,16-21H2,1-2H3,(H,34,38)(H,35,37). The van der Waals surface area contributed by atoms with Crippen molar-refractivity contribution in [2.24, 2.45) is 5.92 Å². The number of anilines is 1. The topological polar surface area (TPSA) is 61.4 Å². The lowest BCUT2D eigenvalue weighted by Crippen LogP contribution is -2.36. The van der Waals surface area contributed by atoms with E-state index in [0.29, 0.717) is 17.8 Å². The number of rotatable bonds is 10. The molecule has 200 valence electrons. The summed E-state index contributed by atoms with van der Waals surface area (Å²) in [4.78, 5) is 27.6. The molecular formula is C32H38FN3O2. The van der Waals surface area contributed by atoms with Gasteiger partial charge in [0, 0.05) is 18.2 Å². The first-order valence-electron chi connectivity index (χ1n) is 13.6. The lowest BCUT2D eigenvalue weighted by Gasteiger charge is -2.32. The molecule has 38 heavy (non-hydrogen) atoms. The second kappa shape index (κ2) is 13.3. The van der Waals surface area contributed by atoms with E-state index in [9.17, 15) is 14.0 Å². The molecule has 3 aromatic carbocycles. The third-order valence-corrected chi connectivity index (χ3v) is 7.29. The number of likely N-dealkylation sites (tertiary alicyclic amines) is 1. The highest BCUT2D eigenvalue weighted by molar-refractivity contribution is 5.92. The molecule has 0 aliphatic carbocycles. The number of hydrogen-bond donors (Lipinski definition) is 2. The minimum atomic E-state index is -0.330. The first-order chi connectivity index (χ1) is 18.4. The zero-order chi connectivity index (χ0) is 26.9. The Morgan fingerprint density at radius 1 is 0.895 bits per heavy atom. The van der Waals surface area contributed by atoms with Gasteiger partial charge in [0.15, 0.2) is 0 Å². The molecule has 0 aromatic heterocycles. The quantitative estimate of drug-likeness (QED) is 0.329. The van der Waals surface area contributed by atoms with Crippen LogP contribution in [0.1, 0.15) is 61.6 Å². The number of hydrogen-bond acceptors (Lipinski definition) is 3. The van der Waals surface area contributed by atoms with Crippen LogP contribution in [0.3, 0.4) is 0 Å². The Morgan fingerprint density at radius 2 is 1.50 bits per heavy atom. The Morgan fingerprint density at radius 3 is 2.08 bits per heavy atom. The normalized spacial score (nSPS) is 14.6. The summed E-state index contributed by atoms with van der Waals surface area (Å²) in [5, 5.41) is 6.02. The zero-order valence-electron chi connectivity index (χ0n) is 22.3. The maximum absolute atomic E-state index is 14.6. The van der Waals surface area contributed by atoms with Crippen LogP contribution in [0.2, 0.25) is 0 Å². The fourth-order valence-electron chi connectivity index (χ4n) is 5.09. The Bertz CT molecular complexity index is 1150. The number of carbonyl (C=O) groups excluding carboxylic acids is 2. The molecule has 0 radical (unpaired) electrons. The van der Waals surface area contributed by atoms with Crippen molar-refractivity contribution in [2.45, 2.75) is 44.9 Å². The molecular weight excluding hydrogens is 477 g/mol. The van der Waals surface area contributed by atoms with Gasteiger partial charge in [-0.15, -0.1) is 0 Å². The first kappa shape index (κ1) is 27.5. The Labute approximate surface area is 225 Å². The van der Waals surface area contributed by atoms with Crippen molar-refractivity contribution < 1.29 is 14.0 Å². The van der Waals surface area contributed by atoms with Gasteiger partial charge in [0.2, 0.25) is 11.8 Å². The molecule has 2 N–H and O–H groups in total. The molecule has 2 amide bonds. The molecule has 0 unspecified atom stereocenters. The SMILES string of the molecule is CC(C)C(=O)Nc1ccc(F)c(C2CCN(CCCNC(=O)C(c3ccccc3)c3ccccc3)CC2)c1. The lowest BCUT2D eigenvalue weighted by atomic mass is 9.88. The second-order valence-electron chi connectivity index (χ2n) is 10.4. The maximum Gasteiger partial charge on any atom is 0.232 e. The van der Waals surface area contributed by atoms with Crippen LogP contribution in [0.25, 0.3) is 0 Å². The monoisotopic (exact) mass is 515 g/mol. The molecule has 0 spiro atoms. The van der Waals surface area contributed by atoms with E-state index in [1.54, 1.807) is 12.1 Å². The highest BCUT2D eigenvalue weighted by Gasteiger charge is 2.24. The highest BCUT2D eigenvalue weighted by Crippen LogP contribution is 2.32. The summed E-state index contributed by atoms with van der Waals surface area (Å²) in [6, 6.07) is 24.6. The van der Waals surface area contributed by atoms with Gasteiger partial charge in [-0.2, -0.15) is 0 Å². The van der Waals surface area contributed by atoms with Crippen molar-refractivity contribution in [3.8, 4) is 0 Å². The summed E-state index contributed by atoms with van der Waals surface area (Å²) in [7, 11) is 0. The van der Waals surface area contributed by atoms with E-state index < -0.39 is 0 Å². The van der Waals surface area contributed by atoms with Gasteiger partial charge in [-0.3, -0.25) is 9.59 Å². The highest BCUT2D eigenvalue weighted by atomic mass is 19.1. The Kier molecular flexibility index (Phi) is 9.66. The average Bonchev–Trinajstić information content (AvgIpc) is 2.94. The summed E-state index contributed by atoms with van der Waals surface area (Å²) >= 11 is 0. The molecule has 1 saturated heterocycles. The molecule has 5 nitrogen and oxygen atoms in total. The fourth-order valence-corrected chi connectivity index (χ4v) is 5.09. The van der Waals surface area contributed by atoms with E-state index in [0.717, 1.165) is 50.0 Å². The van der Waals surface area contributed by atoms with E-state index in [1.165, 1.54) is 6.07 Å². The van der Waals surface area contributed by atoms with Crippen LogP contribution in [0.4, 0.5) is 10.1 Å². The van der Waals surface area contributed by atoms with Crippen LogP contribution in [0.15, 0.2) is 78.9 Å². The first-order valence-corrected chi connectivity index (χ1v) is 13.6. The summed E-state index contributed by atoms with van der Waals surface area (Å²) in [5.74, 6) is -0.577. The van der Waals surface area contributed by atoms with Gasteiger partial charge in [0.05, 0.1) is 5.92 Å². The van der Waals surface area contributed by atoms with Crippen LogP contribution in [-0.4, -0.2) is 42.9 Å². The van der Waals surface area contributed by atoms with Crippen molar-refractivity contribution in [1.82, 2.24) is 10.2 Å². The number of nitrogens with zero attached hydrogens (tertiary/aromatic N) is 1. The molecule has 1 aliphatic rings. The van der Waals surface area contributed by atoms with Gasteiger partial charge < -0.3 is 15.5 Å². The van der Waals surface area contributed by atoms with Crippen molar-refractivity contribution in [2.75, 3.05) is 31.5 Å². The van der Waals surface area contributed by atoms with Crippen LogP contribution in [0.5, 0.6) is 0 Å². The molecule has 0 saturated carbocycles. The number of piperidine rings is 1. The van der Waals surface area contributed by atoms with E-state index in [2.05, 4.69) is 15.5 Å². The third kappa shape index (κ3) is 7.29. The van der Waals surface area contributed by atoms with Crippen molar-refractivity contribution >= 4 is 17.5 Å². The number of amides is 2. The zero-order valence-corrected chi connectivity index (χ0v) is 22.3.